The molecule has 2 aromatic rings. The zero-order valence-electron chi connectivity index (χ0n) is 16.6. The van der Waals surface area contributed by atoms with Gasteiger partial charge in [-0.1, -0.05) is 18.5 Å². The number of carbonyl (C=O) groups excluding carboxylic acids is 1. The van der Waals surface area contributed by atoms with Crippen LogP contribution in [0.3, 0.4) is 0 Å². The third kappa shape index (κ3) is 7.44. The number of benzene rings is 1. The van der Waals surface area contributed by atoms with Crippen LogP contribution in [0.2, 0.25) is 5.02 Å². The van der Waals surface area contributed by atoms with Gasteiger partial charge in [-0.15, -0.1) is 0 Å². The molecule has 0 amide bonds. The van der Waals surface area contributed by atoms with Crippen molar-refractivity contribution < 1.29 is 26.6 Å². The summed E-state index contributed by atoms with van der Waals surface area (Å²) in [6, 6.07) is 7.50. The number of nitrogens with zero attached hydrogens (tertiary/aromatic N) is 1. The Morgan fingerprint density at radius 2 is 1.73 bits per heavy atom. The first-order valence-electron chi connectivity index (χ1n) is 9.55. The fourth-order valence-electron chi connectivity index (χ4n) is 2.82. The van der Waals surface area contributed by atoms with Gasteiger partial charge < -0.3 is 10.1 Å². The summed E-state index contributed by atoms with van der Waals surface area (Å²) >= 11 is 6.01. The normalized spacial score (nSPS) is 17.0. The van der Waals surface area contributed by atoms with Crippen molar-refractivity contribution in [3.63, 3.8) is 0 Å². The van der Waals surface area contributed by atoms with E-state index in [1.165, 1.54) is 0 Å². The molecule has 1 aromatic carbocycles. The fraction of sp³-hybridized carbons (Fsp3) is 0.167. The molecule has 10 radical (unpaired) electrons. The van der Waals surface area contributed by atoms with Crippen LogP contribution < -0.4 is 5.32 Å². The van der Waals surface area contributed by atoms with Gasteiger partial charge in [-0.2, -0.15) is 0 Å². The molecule has 2 aliphatic rings. The summed E-state index contributed by atoms with van der Waals surface area (Å²) in [4.78, 5) is 16.4. The predicted octanol–water partition coefficient (Wildman–Crippen LogP) is 5.05. The number of rotatable bonds is 6. The van der Waals surface area contributed by atoms with E-state index in [0.29, 0.717) is 17.5 Å². The zero-order chi connectivity index (χ0) is 20.5. The number of ether oxygens (including phenoxy) is 1. The maximum Gasteiger partial charge on any atom is 2.00 e. The summed E-state index contributed by atoms with van der Waals surface area (Å²) in [5.74, 6) is 0.289. The third-order valence-electron chi connectivity index (χ3n) is 4.41. The number of hydrogen-bond donors (Lipinski definition) is 1. The predicted molar refractivity (Wildman–Crippen MR) is 117 cm³/mol. The van der Waals surface area contributed by atoms with Gasteiger partial charge in [0.1, 0.15) is 6.10 Å². The maximum absolute atomic E-state index is 12.1. The van der Waals surface area contributed by atoms with Crippen LogP contribution in [0.5, 0.6) is 0 Å². The molecule has 0 saturated heterocycles. The minimum absolute atomic E-state index is 0. The van der Waals surface area contributed by atoms with Gasteiger partial charge in [0.05, 0.1) is 18.0 Å². The summed E-state index contributed by atoms with van der Waals surface area (Å²) in [6.07, 6.45) is 19.4. The summed E-state index contributed by atoms with van der Waals surface area (Å²) < 4.78 is 5.56. The molecular formula is C24H23ClFeN2O2+2. The van der Waals surface area contributed by atoms with Crippen molar-refractivity contribution in [2.45, 2.75) is 19.4 Å². The molecule has 4 rings (SSSR count). The second-order valence-corrected chi connectivity index (χ2v) is 6.91. The van der Waals surface area contributed by atoms with Crippen LogP contribution in [0.15, 0.2) is 30.5 Å². The van der Waals surface area contributed by atoms with Gasteiger partial charge in [0.15, 0.2) is 0 Å². The Morgan fingerprint density at radius 3 is 2.37 bits per heavy atom. The summed E-state index contributed by atoms with van der Waals surface area (Å²) in [5.41, 5.74) is 1.77. The van der Waals surface area contributed by atoms with Gasteiger partial charge >= 0.3 is 23.0 Å². The largest absolute Gasteiger partial charge is 2.00 e. The molecule has 1 N–H and O–H groups in total. The van der Waals surface area contributed by atoms with Gasteiger partial charge in [0.25, 0.3) is 0 Å². The van der Waals surface area contributed by atoms with Crippen molar-refractivity contribution in [3.8, 4) is 0 Å². The first-order valence-corrected chi connectivity index (χ1v) is 9.92. The molecule has 2 aliphatic carbocycles. The minimum Gasteiger partial charge on any atom is -0.460 e. The number of pyridine rings is 1. The SMILES string of the molecule is CCC(CNc1ccnc2cc(Cl)ccc12)OC(=O)[C]1[CH][CH][CH][CH]1.[CH]1[CH][CH][CH][CH]1.[Fe+2]. The second kappa shape index (κ2) is 13.2. The Morgan fingerprint density at radius 1 is 1.07 bits per heavy atom. The molecule has 2 saturated carbocycles. The molecule has 0 bridgehead atoms. The molecule has 1 aromatic heterocycles. The molecule has 2 fully saturated rings. The van der Waals surface area contributed by atoms with E-state index in [9.17, 15) is 4.79 Å². The molecular weight excluding hydrogens is 440 g/mol. The first-order chi connectivity index (χ1) is 14.2. The molecule has 1 heterocycles. The van der Waals surface area contributed by atoms with Gasteiger partial charge in [-0.05, 0) is 88.5 Å². The third-order valence-corrected chi connectivity index (χ3v) is 4.64. The van der Waals surface area contributed by atoms with E-state index in [2.05, 4.69) is 10.3 Å². The van der Waals surface area contributed by atoms with Crippen molar-refractivity contribution in [1.29, 1.82) is 0 Å². The van der Waals surface area contributed by atoms with Crippen LogP contribution in [-0.4, -0.2) is 23.6 Å². The monoisotopic (exact) mass is 462 g/mol. The molecule has 1 unspecified atom stereocenters. The van der Waals surface area contributed by atoms with Crippen LogP contribution in [0, 0.1) is 63.7 Å². The number of hydrogen-bond acceptors (Lipinski definition) is 4. The van der Waals surface area contributed by atoms with Crippen LogP contribution in [0.4, 0.5) is 5.69 Å². The fourth-order valence-corrected chi connectivity index (χ4v) is 2.99. The quantitative estimate of drug-likeness (QED) is 0.482. The van der Waals surface area contributed by atoms with E-state index in [4.69, 9.17) is 16.3 Å². The van der Waals surface area contributed by atoms with E-state index in [0.717, 1.165) is 23.0 Å². The van der Waals surface area contributed by atoms with E-state index < -0.39 is 0 Å². The van der Waals surface area contributed by atoms with Gasteiger partial charge in [-0.25, -0.2) is 0 Å². The maximum atomic E-state index is 12.1. The Balaban J connectivity index is 0.000000468. The van der Waals surface area contributed by atoms with Crippen LogP contribution >= 0.6 is 11.6 Å². The smallest absolute Gasteiger partial charge is 0.460 e. The number of carbonyl (C=O) groups is 1. The van der Waals surface area contributed by atoms with Gasteiger partial charge in [0, 0.05) is 22.3 Å². The van der Waals surface area contributed by atoms with Gasteiger partial charge in [0.2, 0.25) is 0 Å². The number of aromatic nitrogens is 1. The molecule has 30 heavy (non-hydrogen) atoms. The molecule has 6 heteroatoms. The molecule has 4 nitrogen and oxygen atoms in total. The molecule has 154 valence electrons. The summed E-state index contributed by atoms with van der Waals surface area (Å²) in [5, 5.41) is 4.99. The number of nitrogens with one attached hydrogen (secondary N) is 1. The Bertz CT molecular complexity index is 784. The van der Waals surface area contributed by atoms with Crippen LogP contribution in [0.1, 0.15) is 13.3 Å². The van der Waals surface area contributed by atoms with E-state index in [-0.39, 0.29) is 29.1 Å². The topological polar surface area (TPSA) is 51.2 Å². The Labute approximate surface area is 196 Å². The van der Waals surface area contributed by atoms with E-state index >= 15 is 0 Å². The van der Waals surface area contributed by atoms with Crippen molar-refractivity contribution >= 4 is 34.2 Å². The number of esters is 1. The van der Waals surface area contributed by atoms with E-state index in [1.807, 2.05) is 76.1 Å². The minimum atomic E-state index is -0.292. The first kappa shape index (κ1) is 25.0. The Kier molecular flexibility index (Phi) is 11.0. The number of halogens is 1. The van der Waals surface area contributed by atoms with Crippen molar-refractivity contribution in [2.24, 2.45) is 0 Å². The van der Waals surface area contributed by atoms with Crippen molar-refractivity contribution in [1.82, 2.24) is 4.98 Å². The average molecular weight is 463 g/mol. The zero-order valence-corrected chi connectivity index (χ0v) is 18.4. The van der Waals surface area contributed by atoms with Crippen molar-refractivity contribution in [2.75, 3.05) is 11.9 Å². The summed E-state index contributed by atoms with van der Waals surface area (Å²) in [7, 11) is 0. The van der Waals surface area contributed by atoms with E-state index in [1.54, 1.807) is 19.0 Å². The molecule has 0 aliphatic heterocycles. The number of anilines is 1. The average Bonchev–Trinajstić information content (AvgIpc) is 3.47. The molecule has 0 spiro atoms. The molecule has 1 atom stereocenters. The second-order valence-electron chi connectivity index (χ2n) is 6.47. The van der Waals surface area contributed by atoms with Gasteiger partial charge in [-0.3, -0.25) is 9.78 Å². The Hall–Kier alpha value is -1.29. The van der Waals surface area contributed by atoms with Crippen LogP contribution in [0.25, 0.3) is 10.9 Å². The van der Waals surface area contributed by atoms with Crippen molar-refractivity contribution in [3.05, 3.63) is 99.2 Å². The van der Waals surface area contributed by atoms with Crippen LogP contribution in [-0.2, 0) is 26.6 Å². The number of fused-ring (bicyclic) bond motifs is 1. The summed E-state index contributed by atoms with van der Waals surface area (Å²) in [6.45, 7) is 2.53. The standard InChI is InChI=1S/C19H18ClN2O2.C5H5.Fe/c1-2-15(24-19(23)13-5-3-4-6-13)12-22-17-9-10-21-18-11-14(20)7-8-16(17)18;1-2-4-5-3-1;/h3-11,15H,2,12H2,1H3,(H,21,22);1-5H;/q;;+2.